The van der Waals surface area contributed by atoms with Crippen molar-refractivity contribution in [1.29, 1.82) is 0 Å². The second-order valence-corrected chi connectivity index (χ2v) is 14.8. The Bertz CT molecular complexity index is 1240. The Kier molecular flexibility index (Phi) is 15.4. The van der Waals surface area contributed by atoms with Crippen LogP contribution < -0.4 is 11.2 Å². The Morgan fingerprint density at radius 2 is 1.71 bits per heavy atom. The maximum atomic E-state index is 12.9. The van der Waals surface area contributed by atoms with Gasteiger partial charge in [-0.25, -0.2) is 0 Å². The number of esters is 2. The molecule has 0 unspecified atom stereocenters. The van der Waals surface area contributed by atoms with E-state index in [1.165, 1.54) is 24.8 Å². The van der Waals surface area contributed by atoms with Crippen LogP contribution in [-0.2, 0) is 23.9 Å². The van der Waals surface area contributed by atoms with Gasteiger partial charge in [0.2, 0.25) is 5.91 Å². The first-order valence-corrected chi connectivity index (χ1v) is 17.9. The van der Waals surface area contributed by atoms with Crippen molar-refractivity contribution in [2.45, 2.75) is 124 Å². The van der Waals surface area contributed by atoms with E-state index in [4.69, 9.17) is 25.3 Å². The molecule has 1 amide bonds. The van der Waals surface area contributed by atoms with Crippen LogP contribution in [0.3, 0.4) is 0 Å². The predicted octanol–water partition coefficient (Wildman–Crippen LogP) is 5.00. The van der Waals surface area contributed by atoms with Gasteiger partial charge in [-0.3, -0.25) is 14.4 Å². The monoisotopic (exact) mass is 667 g/mol. The van der Waals surface area contributed by atoms with Crippen LogP contribution in [0.25, 0.3) is 0 Å². The van der Waals surface area contributed by atoms with Crippen LogP contribution in [0.1, 0.15) is 105 Å². The largest absolute Gasteiger partial charge is 0.488 e. The summed E-state index contributed by atoms with van der Waals surface area (Å²) in [6.45, 7) is 10.3. The van der Waals surface area contributed by atoms with Crippen LogP contribution in [-0.4, -0.2) is 58.4 Å². The molecule has 4 aliphatic rings. The third kappa shape index (κ3) is 11.9. The number of aliphatic hydroxyl groups excluding tert-OH is 1. The highest BCUT2D eigenvalue weighted by Gasteiger charge is 2.43. The van der Waals surface area contributed by atoms with Gasteiger partial charge in [0, 0.05) is 18.3 Å². The number of rotatable bonds is 8. The Hall–Kier alpha value is -2.95. The van der Waals surface area contributed by atoms with Crippen molar-refractivity contribution in [2.75, 3.05) is 0 Å². The van der Waals surface area contributed by atoms with E-state index >= 15 is 0 Å². The number of aliphatic hydroxyl groups is 1. The molecule has 2 fully saturated rings. The van der Waals surface area contributed by atoms with Crippen LogP contribution in [0.5, 0.6) is 0 Å². The average Bonchev–Trinajstić information content (AvgIpc) is 3.05. The molecule has 1 saturated carbocycles. The number of amides is 1. The van der Waals surface area contributed by atoms with Gasteiger partial charge in [-0.2, -0.15) is 0 Å². The number of hydrogen-bond donors (Lipinski definition) is 4. The van der Waals surface area contributed by atoms with Crippen LogP contribution in [0.15, 0.2) is 54.1 Å². The highest BCUT2D eigenvalue weighted by atomic mass is 16.6. The molecule has 0 bridgehead atoms. The molecule has 10 heteroatoms. The van der Waals surface area contributed by atoms with Gasteiger partial charge in [0.15, 0.2) is 0 Å². The highest BCUT2D eigenvalue weighted by Crippen LogP contribution is 2.45. The van der Waals surface area contributed by atoms with Crippen LogP contribution >= 0.6 is 0 Å². The van der Waals surface area contributed by atoms with E-state index in [2.05, 4.69) is 32.1 Å². The molecule has 7 atom stereocenters. The van der Waals surface area contributed by atoms with Gasteiger partial charge >= 0.3 is 19.1 Å². The summed E-state index contributed by atoms with van der Waals surface area (Å²) in [5.41, 5.74) is 6.44. The van der Waals surface area contributed by atoms with Gasteiger partial charge in [-0.1, -0.05) is 88.6 Å². The predicted molar refractivity (Wildman–Crippen MR) is 187 cm³/mol. The van der Waals surface area contributed by atoms with Gasteiger partial charge in [0.25, 0.3) is 0 Å². The summed E-state index contributed by atoms with van der Waals surface area (Å²) in [6.07, 6.45) is 15.3. The number of carbonyl (C=O) groups excluding carboxylic acids is 3. The van der Waals surface area contributed by atoms with Gasteiger partial charge in [0.05, 0.1) is 17.9 Å². The average molecular weight is 668 g/mol. The SMILES string of the molecule is CCC(C)(C)C(=O)O[C@@H]1C[C@H](C)C=C2C=C[C@@H](C)[C@@H](CC[C@@H]3C[C@H](O)CC(=O)O3)[C@@H]21.NC(=O)C1CCCCC1.OB(O)c1ccccc1. The molecule has 5 rings (SSSR count). The molecule has 0 spiro atoms. The zero-order valence-corrected chi connectivity index (χ0v) is 29.6. The number of primary amides is 1. The minimum Gasteiger partial charge on any atom is -0.462 e. The molecule has 9 nitrogen and oxygen atoms in total. The molecule has 1 heterocycles. The number of carbonyl (C=O) groups is 3. The third-order valence-corrected chi connectivity index (χ3v) is 10.5. The van der Waals surface area contributed by atoms with Gasteiger partial charge in [-0.05, 0) is 81.2 Å². The Morgan fingerprint density at radius 1 is 1.04 bits per heavy atom. The summed E-state index contributed by atoms with van der Waals surface area (Å²) >= 11 is 0. The quantitative estimate of drug-likeness (QED) is 0.223. The van der Waals surface area contributed by atoms with E-state index in [-0.39, 0.29) is 48.3 Å². The number of fused-ring (bicyclic) bond motifs is 1. The van der Waals surface area contributed by atoms with Gasteiger partial charge < -0.3 is 30.4 Å². The van der Waals surface area contributed by atoms with Crippen molar-refractivity contribution < 1.29 is 39.0 Å². The lowest BCUT2D eigenvalue weighted by Crippen LogP contribution is -2.43. The van der Waals surface area contributed by atoms with Crippen LogP contribution in [0.2, 0.25) is 0 Å². The minimum atomic E-state index is -1.34. The first-order valence-electron chi connectivity index (χ1n) is 17.9. The number of nitrogens with two attached hydrogens (primary N) is 1. The molecule has 3 aliphatic carbocycles. The van der Waals surface area contributed by atoms with E-state index in [1.807, 2.05) is 26.8 Å². The highest BCUT2D eigenvalue weighted by molar-refractivity contribution is 6.58. The van der Waals surface area contributed by atoms with E-state index in [1.54, 1.807) is 24.3 Å². The Balaban J connectivity index is 0.000000280. The summed E-state index contributed by atoms with van der Waals surface area (Å²) in [7, 11) is -1.34. The molecule has 1 aromatic rings. The smallest absolute Gasteiger partial charge is 0.462 e. The van der Waals surface area contributed by atoms with Gasteiger partial charge in [0.1, 0.15) is 12.2 Å². The molecule has 0 radical (unpaired) electrons. The molecule has 1 aliphatic heterocycles. The molecular weight excluding hydrogens is 609 g/mol. The van der Waals surface area contributed by atoms with Crippen LogP contribution in [0, 0.1) is 35.0 Å². The molecule has 266 valence electrons. The summed E-state index contributed by atoms with van der Waals surface area (Å²) in [5.74, 6) is 0.867. The third-order valence-electron chi connectivity index (χ3n) is 10.5. The van der Waals surface area contributed by atoms with Crippen molar-refractivity contribution in [1.82, 2.24) is 0 Å². The number of allylic oxidation sites excluding steroid dienone is 3. The number of cyclic esters (lactones) is 1. The zero-order valence-electron chi connectivity index (χ0n) is 29.6. The van der Waals surface area contributed by atoms with Crippen molar-refractivity contribution in [3.05, 3.63) is 54.1 Å². The number of benzene rings is 1. The maximum absolute atomic E-state index is 12.9. The lowest BCUT2D eigenvalue weighted by Gasteiger charge is -2.44. The fourth-order valence-corrected chi connectivity index (χ4v) is 7.09. The first-order chi connectivity index (χ1) is 22.7. The number of ether oxygens (including phenoxy) is 2. The summed E-state index contributed by atoms with van der Waals surface area (Å²) in [5, 5.41) is 27.1. The van der Waals surface area contributed by atoms with Crippen molar-refractivity contribution in [2.24, 2.45) is 40.7 Å². The fraction of sp³-hybridized carbons (Fsp3) is 0.658. The van der Waals surface area contributed by atoms with Crippen molar-refractivity contribution >= 4 is 30.4 Å². The molecule has 48 heavy (non-hydrogen) atoms. The van der Waals surface area contributed by atoms with Crippen molar-refractivity contribution in [3.63, 3.8) is 0 Å². The van der Waals surface area contributed by atoms with Crippen molar-refractivity contribution in [3.8, 4) is 0 Å². The first kappa shape index (κ1) is 39.5. The van der Waals surface area contributed by atoms with Gasteiger partial charge in [-0.15, -0.1) is 0 Å². The zero-order chi connectivity index (χ0) is 35.4. The summed E-state index contributed by atoms with van der Waals surface area (Å²) in [4.78, 5) is 35.1. The molecular formula is C38H58BNO8. The van der Waals surface area contributed by atoms with E-state index in [0.29, 0.717) is 29.6 Å². The molecule has 1 saturated heterocycles. The molecule has 5 N–H and O–H groups in total. The van der Waals surface area contributed by atoms with E-state index in [0.717, 1.165) is 38.5 Å². The Morgan fingerprint density at radius 3 is 2.25 bits per heavy atom. The lowest BCUT2D eigenvalue weighted by molar-refractivity contribution is -0.166. The van der Waals surface area contributed by atoms with Crippen LogP contribution in [0.4, 0.5) is 0 Å². The molecule has 0 aromatic heterocycles. The Labute approximate surface area is 287 Å². The topological polar surface area (TPSA) is 156 Å². The second kappa shape index (κ2) is 18.7. The summed E-state index contributed by atoms with van der Waals surface area (Å²) < 4.78 is 11.6. The molecule has 1 aromatic carbocycles. The normalized spacial score (nSPS) is 28.6. The lowest BCUT2D eigenvalue weighted by atomic mass is 9.65. The maximum Gasteiger partial charge on any atom is 0.488 e. The summed E-state index contributed by atoms with van der Waals surface area (Å²) in [6, 6.07) is 8.66. The second-order valence-electron chi connectivity index (χ2n) is 14.8. The van der Waals surface area contributed by atoms with E-state index in [9.17, 15) is 19.5 Å². The minimum absolute atomic E-state index is 0.0949. The number of hydrogen-bond acceptors (Lipinski definition) is 8. The fourth-order valence-electron chi connectivity index (χ4n) is 7.09. The standard InChI is InChI=1S/C25H38O5.C7H13NO.C6H7BO2/c1-6-25(4,5)24(28)30-21-12-15(2)11-17-8-7-16(3)20(23(17)21)10-9-19-13-18(26)14-22(27)29-19;2*8-7(9)6-4-2-1-3-5-6/h7-8,11,15-16,18-21,23,26H,6,9-10,12-14H2,1-5H3;6H,1-5H2,(H2,8,9);1-5,8-9H/t15-,16-,18+,19-,20-,21-,23-;;/m1../s1. The van der Waals surface area contributed by atoms with E-state index < -0.39 is 18.6 Å².